The van der Waals surface area contributed by atoms with Crippen LogP contribution in [0.1, 0.15) is 11.6 Å². The molecule has 1 aliphatic heterocycles. The number of amides is 1. The Balaban J connectivity index is 2.28. The average molecular weight is 177 g/mol. The topological polar surface area (TPSA) is 55.4 Å². The van der Waals surface area contributed by atoms with Gasteiger partial charge in [0.25, 0.3) is 0 Å². The molecule has 1 aromatic carbocycles. The van der Waals surface area contributed by atoms with Crippen molar-refractivity contribution in [3.8, 4) is 0 Å². The van der Waals surface area contributed by atoms with Crippen LogP contribution in [0.2, 0.25) is 0 Å². The Labute approximate surface area is 74.5 Å². The second kappa shape index (κ2) is 2.90. The molecule has 1 heterocycles. The highest BCUT2D eigenvalue weighted by Crippen LogP contribution is 2.18. The Morgan fingerprint density at radius 3 is 2.38 bits per heavy atom. The lowest BCUT2D eigenvalue weighted by Crippen LogP contribution is -2.19. The van der Waals surface area contributed by atoms with Gasteiger partial charge in [-0.2, -0.15) is 0 Å². The quantitative estimate of drug-likeness (QED) is 0.514. The number of cyclic esters (lactones) is 2. The van der Waals surface area contributed by atoms with Gasteiger partial charge in [-0.25, -0.2) is 9.59 Å². The molecule has 0 aromatic heterocycles. The Hall–Kier alpha value is -1.84. The first-order valence-electron chi connectivity index (χ1n) is 3.84. The van der Waals surface area contributed by atoms with Crippen LogP contribution < -0.4 is 5.32 Å². The standard InChI is InChI=1S/C9H7NO3/c11-8-7(10-9(12)13-8)6-4-2-1-3-5-6/h1-5,7H,(H,10,12). The fourth-order valence-electron chi connectivity index (χ4n) is 1.22. The molecule has 1 amide bonds. The predicted molar refractivity (Wildman–Crippen MR) is 43.8 cm³/mol. The van der Waals surface area contributed by atoms with Crippen LogP contribution in [0, 0.1) is 0 Å². The van der Waals surface area contributed by atoms with Crippen molar-refractivity contribution >= 4 is 12.1 Å². The van der Waals surface area contributed by atoms with Gasteiger partial charge in [0, 0.05) is 0 Å². The molecule has 1 aromatic rings. The minimum atomic E-state index is -0.682. The Bertz CT molecular complexity index is 347. The average Bonchev–Trinajstić information content (AvgIpc) is 2.47. The van der Waals surface area contributed by atoms with E-state index in [1.54, 1.807) is 24.3 Å². The molecule has 1 unspecified atom stereocenters. The number of esters is 1. The van der Waals surface area contributed by atoms with Crippen molar-refractivity contribution in [3.63, 3.8) is 0 Å². The normalized spacial score (nSPS) is 21.1. The fraction of sp³-hybridized carbons (Fsp3) is 0.111. The molecule has 0 radical (unpaired) electrons. The van der Waals surface area contributed by atoms with Crippen LogP contribution in [-0.2, 0) is 9.53 Å². The molecule has 1 aliphatic rings. The highest BCUT2D eigenvalue weighted by atomic mass is 16.6. The fourth-order valence-corrected chi connectivity index (χ4v) is 1.22. The highest BCUT2D eigenvalue weighted by molar-refractivity contribution is 5.96. The van der Waals surface area contributed by atoms with Crippen molar-refractivity contribution in [1.29, 1.82) is 0 Å². The number of rotatable bonds is 1. The number of ether oxygens (including phenoxy) is 1. The molecule has 0 aliphatic carbocycles. The zero-order valence-corrected chi connectivity index (χ0v) is 6.69. The van der Waals surface area contributed by atoms with Crippen molar-refractivity contribution in [1.82, 2.24) is 5.32 Å². The van der Waals surface area contributed by atoms with Crippen LogP contribution in [-0.4, -0.2) is 12.1 Å². The van der Waals surface area contributed by atoms with Gasteiger partial charge in [-0.3, -0.25) is 0 Å². The lowest BCUT2D eigenvalue weighted by Gasteiger charge is -2.03. The van der Waals surface area contributed by atoms with Gasteiger partial charge in [0.2, 0.25) is 0 Å². The van der Waals surface area contributed by atoms with Crippen LogP contribution >= 0.6 is 0 Å². The van der Waals surface area contributed by atoms with Crippen molar-refractivity contribution in [3.05, 3.63) is 35.9 Å². The number of hydrogen-bond acceptors (Lipinski definition) is 3. The molecule has 0 spiro atoms. The smallest absolute Gasteiger partial charge is 0.374 e. The first-order valence-corrected chi connectivity index (χ1v) is 3.84. The molecule has 66 valence electrons. The van der Waals surface area contributed by atoms with E-state index in [1.165, 1.54) is 0 Å². The van der Waals surface area contributed by atoms with E-state index in [-0.39, 0.29) is 0 Å². The Morgan fingerprint density at radius 1 is 1.15 bits per heavy atom. The van der Waals surface area contributed by atoms with Crippen molar-refractivity contribution in [2.45, 2.75) is 6.04 Å². The zero-order valence-electron chi connectivity index (χ0n) is 6.69. The van der Waals surface area contributed by atoms with Gasteiger partial charge in [0.15, 0.2) is 6.04 Å². The Morgan fingerprint density at radius 2 is 1.85 bits per heavy atom. The number of benzene rings is 1. The third-order valence-corrected chi connectivity index (χ3v) is 1.82. The molecule has 2 rings (SSSR count). The summed E-state index contributed by atoms with van der Waals surface area (Å²) in [5, 5.41) is 2.41. The lowest BCUT2D eigenvalue weighted by atomic mass is 10.1. The first-order chi connectivity index (χ1) is 6.27. The molecule has 1 saturated heterocycles. The largest absolute Gasteiger partial charge is 0.415 e. The monoisotopic (exact) mass is 177 g/mol. The number of nitrogens with one attached hydrogen (secondary N) is 1. The third-order valence-electron chi connectivity index (χ3n) is 1.82. The maximum absolute atomic E-state index is 11.1. The summed E-state index contributed by atoms with van der Waals surface area (Å²) in [5.41, 5.74) is 0.735. The molecule has 13 heavy (non-hydrogen) atoms. The number of carbonyl (C=O) groups excluding carboxylic acids is 2. The maximum atomic E-state index is 11.1. The molecule has 1 N–H and O–H groups in total. The lowest BCUT2D eigenvalue weighted by molar-refractivity contribution is -0.135. The second-order valence-electron chi connectivity index (χ2n) is 2.70. The molecule has 4 nitrogen and oxygen atoms in total. The van der Waals surface area contributed by atoms with Crippen LogP contribution in [0.25, 0.3) is 0 Å². The zero-order chi connectivity index (χ0) is 9.26. The van der Waals surface area contributed by atoms with Gasteiger partial charge in [0.05, 0.1) is 0 Å². The van der Waals surface area contributed by atoms with Gasteiger partial charge in [-0.1, -0.05) is 30.3 Å². The van der Waals surface area contributed by atoms with Crippen LogP contribution in [0.15, 0.2) is 30.3 Å². The summed E-state index contributed by atoms with van der Waals surface area (Å²) < 4.78 is 4.34. The van der Waals surface area contributed by atoms with E-state index >= 15 is 0 Å². The number of carbonyl (C=O) groups is 2. The van der Waals surface area contributed by atoms with Gasteiger partial charge in [-0.15, -0.1) is 0 Å². The van der Waals surface area contributed by atoms with Crippen LogP contribution in [0.4, 0.5) is 4.79 Å². The molecular formula is C9H7NO3. The molecule has 0 bridgehead atoms. The summed E-state index contributed by atoms with van der Waals surface area (Å²) in [6.45, 7) is 0. The predicted octanol–water partition coefficient (Wildman–Crippen LogP) is 0.994. The van der Waals surface area contributed by atoms with Crippen molar-refractivity contribution in [2.75, 3.05) is 0 Å². The summed E-state index contributed by atoms with van der Waals surface area (Å²) in [4.78, 5) is 21.8. The minimum Gasteiger partial charge on any atom is -0.374 e. The molecule has 1 atom stereocenters. The van der Waals surface area contributed by atoms with Gasteiger partial charge < -0.3 is 10.1 Å². The van der Waals surface area contributed by atoms with Crippen LogP contribution in [0.5, 0.6) is 0 Å². The van der Waals surface area contributed by atoms with Crippen molar-refractivity contribution < 1.29 is 14.3 Å². The summed E-state index contributed by atoms with van der Waals surface area (Å²) >= 11 is 0. The highest BCUT2D eigenvalue weighted by Gasteiger charge is 2.33. The number of alkyl carbamates (subject to hydrolysis) is 1. The van der Waals surface area contributed by atoms with Crippen LogP contribution in [0.3, 0.4) is 0 Å². The molecular weight excluding hydrogens is 170 g/mol. The maximum Gasteiger partial charge on any atom is 0.415 e. The van der Waals surface area contributed by atoms with E-state index in [1.807, 2.05) is 6.07 Å². The van der Waals surface area contributed by atoms with E-state index in [4.69, 9.17) is 0 Å². The second-order valence-corrected chi connectivity index (χ2v) is 2.70. The van der Waals surface area contributed by atoms with Gasteiger partial charge in [-0.05, 0) is 5.56 Å². The van der Waals surface area contributed by atoms with E-state index in [2.05, 4.69) is 10.1 Å². The Kier molecular flexibility index (Phi) is 1.73. The summed E-state index contributed by atoms with van der Waals surface area (Å²) in [5.74, 6) is -0.545. The van der Waals surface area contributed by atoms with Gasteiger partial charge in [0.1, 0.15) is 0 Å². The van der Waals surface area contributed by atoms with Gasteiger partial charge >= 0.3 is 12.1 Å². The summed E-state index contributed by atoms with van der Waals surface area (Å²) in [7, 11) is 0. The number of hydrogen-bond donors (Lipinski definition) is 1. The van der Waals surface area contributed by atoms with Crippen molar-refractivity contribution in [2.24, 2.45) is 0 Å². The van der Waals surface area contributed by atoms with E-state index in [0.717, 1.165) is 5.56 Å². The molecule has 4 heteroatoms. The molecule has 0 saturated carbocycles. The summed E-state index contributed by atoms with van der Waals surface area (Å²) in [6.07, 6.45) is -0.682. The first kappa shape index (κ1) is 7.79. The van der Waals surface area contributed by atoms with E-state index in [0.29, 0.717) is 0 Å². The third kappa shape index (κ3) is 1.38. The van der Waals surface area contributed by atoms with E-state index in [9.17, 15) is 9.59 Å². The minimum absolute atomic E-state index is 0.545. The SMILES string of the molecule is O=C1NC(c2ccccc2)C(=O)O1. The molecule has 1 fully saturated rings. The van der Waals surface area contributed by atoms with E-state index < -0.39 is 18.1 Å². The summed E-state index contributed by atoms with van der Waals surface area (Å²) in [6, 6.07) is 8.31.